The molecule has 0 saturated carbocycles. The molecule has 1 radical (unpaired) electrons. The molecule has 1 heterocycles. The van der Waals surface area contributed by atoms with Crippen molar-refractivity contribution < 1.29 is 37.5 Å². The van der Waals surface area contributed by atoms with Gasteiger partial charge in [-0.15, -0.1) is 6.54 Å². The number of carbonyl (C=O) groups is 1. The fourth-order valence-corrected chi connectivity index (χ4v) is 1.42. The summed E-state index contributed by atoms with van der Waals surface area (Å²) in [6.07, 6.45) is 4.48. The molecular formula is C14H27NOY-2. The fraction of sp³-hybridized carbons (Fsp3) is 0.786. The van der Waals surface area contributed by atoms with E-state index in [-0.39, 0.29) is 44.0 Å². The van der Waals surface area contributed by atoms with E-state index in [9.17, 15) is 4.79 Å². The molecule has 1 fully saturated rings. The van der Waals surface area contributed by atoms with Crippen LogP contribution < -0.4 is 0 Å². The first-order valence-electron chi connectivity index (χ1n) is 6.13. The van der Waals surface area contributed by atoms with Crippen molar-refractivity contribution >= 4 is 5.91 Å². The molecule has 2 nitrogen and oxygen atoms in total. The molecule has 1 rings (SSSR count). The Balaban J connectivity index is 0. The summed E-state index contributed by atoms with van der Waals surface area (Å²) in [5, 5.41) is 0. The van der Waals surface area contributed by atoms with Crippen molar-refractivity contribution in [2.75, 3.05) is 13.1 Å². The van der Waals surface area contributed by atoms with Gasteiger partial charge >= 0.3 is 0 Å². The average Bonchev–Trinajstić information content (AvgIpc) is 2.16. The molecule has 0 bridgehead atoms. The third-order valence-corrected chi connectivity index (χ3v) is 2.11. The number of hydrogen-bond donors (Lipinski definition) is 0. The van der Waals surface area contributed by atoms with Crippen LogP contribution in [0.15, 0.2) is 0 Å². The van der Waals surface area contributed by atoms with Crippen LogP contribution in [0.5, 0.6) is 0 Å². The number of rotatable bonds is 0. The molecule has 0 aromatic carbocycles. The number of hydrogen-bond acceptors (Lipinski definition) is 1. The summed E-state index contributed by atoms with van der Waals surface area (Å²) in [5.41, 5.74) is -0.217. The molecule has 0 aromatic rings. The van der Waals surface area contributed by atoms with Crippen molar-refractivity contribution in [1.82, 2.24) is 4.90 Å². The summed E-state index contributed by atoms with van der Waals surface area (Å²) >= 11 is 0. The van der Waals surface area contributed by atoms with Gasteiger partial charge in [0.05, 0.1) is 0 Å². The Hall–Kier alpha value is 0.574. The zero-order valence-electron chi connectivity index (χ0n) is 12.3. The van der Waals surface area contributed by atoms with Crippen LogP contribution in [-0.2, 0) is 37.5 Å². The van der Waals surface area contributed by atoms with E-state index in [4.69, 9.17) is 0 Å². The standard InChI is InChI=1S/C10H18NO.C4H9.Y/c1-10(2,3)9(12)11-7-5-4-6-8-11;1-4(2)3;/h5H,4,6-8H2,1-3H3;1-3H3;/q2*-1;. The van der Waals surface area contributed by atoms with E-state index in [2.05, 4.69) is 27.2 Å². The summed E-state index contributed by atoms with van der Waals surface area (Å²) in [7, 11) is 0. The van der Waals surface area contributed by atoms with Crippen LogP contribution in [0.2, 0.25) is 0 Å². The molecule has 1 aliphatic heterocycles. The second-order valence-corrected chi connectivity index (χ2v) is 5.93. The van der Waals surface area contributed by atoms with Crippen LogP contribution in [0.4, 0.5) is 0 Å². The number of amides is 1. The zero-order chi connectivity index (χ0) is 12.8. The van der Waals surface area contributed by atoms with Gasteiger partial charge in [-0.25, -0.2) is 0 Å². The van der Waals surface area contributed by atoms with Crippen molar-refractivity contribution in [2.24, 2.45) is 5.41 Å². The summed E-state index contributed by atoms with van der Waals surface area (Å²) < 4.78 is 0. The SMILES string of the molecule is CC(C)(C)C(=O)N1C[CH-]CCC1.C[C-](C)C.[Y]. The van der Waals surface area contributed by atoms with E-state index < -0.39 is 0 Å². The minimum Gasteiger partial charge on any atom is -0.372 e. The molecule has 17 heavy (non-hydrogen) atoms. The molecule has 0 aromatic heterocycles. The van der Waals surface area contributed by atoms with Crippen molar-refractivity contribution in [3.8, 4) is 0 Å². The van der Waals surface area contributed by atoms with Gasteiger partial charge in [-0.3, -0.25) is 4.79 Å². The number of carbonyl (C=O) groups excluding carboxylic acids is 1. The maximum atomic E-state index is 11.7. The second kappa shape index (κ2) is 9.50. The third-order valence-electron chi connectivity index (χ3n) is 2.11. The number of nitrogens with zero attached hydrogens (tertiary/aromatic N) is 1. The predicted molar refractivity (Wildman–Crippen MR) is 69.8 cm³/mol. The second-order valence-electron chi connectivity index (χ2n) is 5.93. The minimum atomic E-state index is -0.217. The maximum Gasteiger partial charge on any atom is 0.225 e. The van der Waals surface area contributed by atoms with Gasteiger partial charge in [0.1, 0.15) is 0 Å². The molecule has 0 N–H and O–H groups in total. The average molecular weight is 314 g/mol. The van der Waals surface area contributed by atoms with E-state index in [1.165, 1.54) is 5.92 Å². The van der Waals surface area contributed by atoms with Crippen LogP contribution in [0.25, 0.3) is 0 Å². The third kappa shape index (κ3) is 10.2. The molecule has 0 unspecified atom stereocenters. The van der Waals surface area contributed by atoms with Crippen molar-refractivity contribution in [2.45, 2.75) is 54.4 Å². The Morgan fingerprint density at radius 2 is 1.71 bits per heavy atom. The predicted octanol–water partition coefficient (Wildman–Crippen LogP) is 3.48. The normalized spacial score (nSPS) is 15.8. The Labute approximate surface area is 133 Å². The van der Waals surface area contributed by atoms with Gasteiger partial charge in [-0.05, 0) is 0 Å². The largest absolute Gasteiger partial charge is 0.372 e. The zero-order valence-corrected chi connectivity index (χ0v) is 15.2. The molecule has 99 valence electrons. The van der Waals surface area contributed by atoms with Gasteiger partial charge in [0.2, 0.25) is 5.91 Å². The summed E-state index contributed by atoms with van der Waals surface area (Å²) in [4.78, 5) is 13.7. The van der Waals surface area contributed by atoms with E-state index in [0.717, 1.165) is 25.9 Å². The van der Waals surface area contributed by atoms with Gasteiger partial charge in [0.15, 0.2) is 0 Å². The number of likely N-dealkylation sites (tertiary alicyclic amines) is 1. The van der Waals surface area contributed by atoms with Crippen molar-refractivity contribution in [3.05, 3.63) is 12.3 Å². The minimum absolute atomic E-state index is 0. The summed E-state index contributed by atoms with van der Waals surface area (Å²) in [6, 6.07) is 0. The Morgan fingerprint density at radius 1 is 1.24 bits per heavy atom. The van der Waals surface area contributed by atoms with Crippen LogP contribution in [0.3, 0.4) is 0 Å². The monoisotopic (exact) mass is 314 g/mol. The van der Waals surface area contributed by atoms with Gasteiger partial charge in [0, 0.05) is 44.7 Å². The first-order chi connectivity index (χ1) is 7.25. The Morgan fingerprint density at radius 3 is 2.00 bits per heavy atom. The topological polar surface area (TPSA) is 20.3 Å². The molecule has 1 aliphatic rings. The van der Waals surface area contributed by atoms with E-state index in [1.54, 1.807) is 0 Å². The Kier molecular flexibility index (Phi) is 11.1. The van der Waals surface area contributed by atoms with Gasteiger partial charge in [-0.1, -0.05) is 27.2 Å². The van der Waals surface area contributed by atoms with Crippen LogP contribution in [0, 0.1) is 17.8 Å². The van der Waals surface area contributed by atoms with Gasteiger partial charge in [-0.2, -0.15) is 27.2 Å². The summed E-state index contributed by atoms with van der Waals surface area (Å²) in [6.45, 7) is 14.0. The Bertz CT molecular complexity index is 200. The molecule has 3 heteroatoms. The first kappa shape index (κ1) is 19.9. The van der Waals surface area contributed by atoms with Crippen LogP contribution in [-0.4, -0.2) is 23.9 Å². The maximum absolute atomic E-state index is 11.7. The summed E-state index contributed by atoms with van der Waals surface area (Å²) in [5.74, 6) is 1.69. The quantitative estimate of drug-likeness (QED) is 0.627. The van der Waals surface area contributed by atoms with Crippen molar-refractivity contribution in [1.29, 1.82) is 0 Å². The van der Waals surface area contributed by atoms with E-state index in [0.29, 0.717) is 0 Å². The van der Waals surface area contributed by atoms with E-state index in [1.807, 2.05) is 25.7 Å². The smallest absolute Gasteiger partial charge is 0.225 e. The molecule has 1 saturated heterocycles. The molecule has 0 spiro atoms. The van der Waals surface area contributed by atoms with Crippen LogP contribution >= 0.6 is 0 Å². The number of piperidine rings is 1. The first-order valence-corrected chi connectivity index (χ1v) is 6.13. The van der Waals surface area contributed by atoms with Gasteiger partial charge < -0.3 is 17.2 Å². The van der Waals surface area contributed by atoms with Crippen LogP contribution in [0.1, 0.15) is 54.4 Å². The molecule has 0 atom stereocenters. The van der Waals surface area contributed by atoms with Gasteiger partial charge in [0.25, 0.3) is 0 Å². The molecular weight excluding hydrogens is 287 g/mol. The molecule has 0 aliphatic carbocycles. The van der Waals surface area contributed by atoms with E-state index >= 15 is 0 Å². The fourth-order valence-electron chi connectivity index (χ4n) is 1.42. The molecule has 1 amide bonds. The van der Waals surface area contributed by atoms with Crippen molar-refractivity contribution in [3.63, 3.8) is 0 Å².